The van der Waals surface area contributed by atoms with Crippen molar-refractivity contribution in [3.63, 3.8) is 0 Å². The molecule has 5 nitrogen and oxygen atoms in total. The Morgan fingerprint density at radius 2 is 2.14 bits per heavy atom. The number of nitrogens with zero attached hydrogens (tertiary/aromatic N) is 1. The zero-order chi connectivity index (χ0) is 15.4. The van der Waals surface area contributed by atoms with Gasteiger partial charge >= 0.3 is 5.97 Å². The minimum absolute atomic E-state index is 0.0297. The van der Waals surface area contributed by atoms with Gasteiger partial charge in [0.15, 0.2) is 11.6 Å². The Labute approximate surface area is 121 Å². The molecule has 1 aromatic carbocycles. The molecular formula is C15H15FN2O3. The topological polar surface area (TPSA) is 74.4 Å². The molecule has 0 aliphatic rings. The highest BCUT2D eigenvalue weighted by atomic mass is 19.1. The number of hydrogen-bond acceptors (Lipinski definition) is 5. The second-order valence-electron chi connectivity index (χ2n) is 4.37. The third-order valence-corrected chi connectivity index (χ3v) is 2.71. The van der Waals surface area contributed by atoms with Crippen molar-refractivity contribution in [3.8, 4) is 11.6 Å². The van der Waals surface area contributed by atoms with Crippen LogP contribution in [0.5, 0.6) is 11.6 Å². The van der Waals surface area contributed by atoms with E-state index < -0.39 is 11.8 Å². The Morgan fingerprint density at radius 3 is 2.86 bits per heavy atom. The van der Waals surface area contributed by atoms with Crippen LogP contribution in [0.2, 0.25) is 0 Å². The van der Waals surface area contributed by atoms with Crippen molar-refractivity contribution in [2.45, 2.75) is 13.8 Å². The van der Waals surface area contributed by atoms with Crippen molar-refractivity contribution in [2.75, 3.05) is 12.3 Å². The van der Waals surface area contributed by atoms with Crippen molar-refractivity contribution in [2.24, 2.45) is 0 Å². The quantitative estimate of drug-likeness (QED) is 0.876. The summed E-state index contributed by atoms with van der Waals surface area (Å²) in [6.45, 7) is 3.73. The van der Waals surface area contributed by atoms with Crippen LogP contribution >= 0.6 is 0 Å². The maximum atomic E-state index is 13.6. The second-order valence-corrected chi connectivity index (χ2v) is 4.37. The maximum Gasteiger partial charge on any atom is 0.340 e. The Morgan fingerprint density at radius 1 is 1.38 bits per heavy atom. The highest BCUT2D eigenvalue weighted by molar-refractivity contribution is 5.95. The van der Waals surface area contributed by atoms with Gasteiger partial charge in [-0.2, -0.15) is 0 Å². The molecule has 0 radical (unpaired) electrons. The van der Waals surface area contributed by atoms with Crippen LogP contribution in [0.1, 0.15) is 22.8 Å². The first-order chi connectivity index (χ1) is 10.0. The Hall–Kier alpha value is -2.63. The summed E-state index contributed by atoms with van der Waals surface area (Å²) in [6.07, 6.45) is 1.27. The molecule has 0 aliphatic heterocycles. The number of rotatable bonds is 4. The number of halogens is 1. The monoisotopic (exact) mass is 290 g/mol. The summed E-state index contributed by atoms with van der Waals surface area (Å²) in [5, 5.41) is 0. The number of aromatic nitrogens is 1. The predicted molar refractivity (Wildman–Crippen MR) is 75.8 cm³/mol. The number of benzene rings is 1. The van der Waals surface area contributed by atoms with E-state index in [0.717, 1.165) is 5.56 Å². The van der Waals surface area contributed by atoms with E-state index in [-0.39, 0.29) is 29.5 Å². The predicted octanol–water partition coefficient (Wildman–Crippen LogP) is 3.08. The molecule has 2 N–H and O–H groups in total. The first kappa shape index (κ1) is 14.8. The average molecular weight is 290 g/mol. The molecule has 110 valence electrons. The molecule has 2 rings (SSSR count). The molecule has 21 heavy (non-hydrogen) atoms. The van der Waals surface area contributed by atoms with Crippen LogP contribution in [0.4, 0.5) is 10.1 Å². The first-order valence-corrected chi connectivity index (χ1v) is 6.38. The van der Waals surface area contributed by atoms with E-state index in [4.69, 9.17) is 15.2 Å². The molecule has 0 amide bonds. The molecule has 0 aliphatic carbocycles. The van der Waals surface area contributed by atoms with Crippen LogP contribution < -0.4 is 10.5 Å². The molecule has 0 saturated heterocycles. The minimum Gasteiger partial charge on any atom is -0.462 e. The van der Waals surface area contributed by atoms with Gasteiger partial charge in [-0.25, -0.2) is 14.2 Å². The van der Waals surface area contributed by atoms with Gasteiger partial charge in [0, 0.05) is 6.07 Å². The smallest absolute Gasteiger partial charge is 0.340 e. The Balaban J connectivity index is 2.31. The van der Waals surface area contributed by atoms with Crippen molar-refractivity contribution in [1.29, 1.82) is 0 Å². The van der Waals surface area contributed by atoms with Crippen LogP contribution in [-0.4, -0.2) is 17.6 Å². The van der Waals surface area contributed by atoms with Crippen LogP contribution in [0.25, 0.3) is 0 Å². The lowest BCUT2D eigenvalue weighted by atomic mass is 10.2. The van der Waals surface area contributed by atoms with Gasteiger partial charge in [0.05, 0.1) is 24.1 Å². The van der Waals surface area contributed by atoms with E-state index in [1.807, 2.05) is 6.92 Å². The van der Waals surface area contributed by atoms with Crippen molar-refractivity contribution >= 4 is 11.7 Å². The number of anilines is 1. The number of ether oxygens (including phenoxy) is 2. The Bertz CT molecular complexity index is 674. The van der Waals surface area contributed by atoms with Crippen LogP contribution in [0.15, 0.2) is 30.5 Å². The number of carbonyl (C=O) groups excluding carboxylic acids is 1. The van der Waals surface area contributed by atoms with Gasteiger partial charge in [0.25, 0.3) is 0 Å². The fourth-order valence-corrected chi connectivity index (χ4v) is 1.69. The zero-order valence-corrected chi connectivity index (χ0v) is 11.7. The number of nitrogens with two attached hydrogens (primary N) is 1. The summed E-state index contributed by atoms with van der Waals surface area (Å²) in [5.74, 6) is -0.997. The third kappa shape index (κ3) is 3.47. The van der Waals surface area contributed by atoms with E-state index in [1.54, 1.807) is 13.0 Å². The molecule has 1 heterocycles. The summed E-state index contributed by atoms with van der Waals surface area (Å²) in [6, 6.07) is 5.80. The van der Waals surface area contributed by atoms with E-state index in [0.29, 0.717) is 0 Å². The highest BCUT2D eigenvalue weighted by Crippen LogP contribution is 2.26. The highest BCUT2D eigenvalue weighted by Gasteiger charge is 2.14. The Kier molecular flexibility index (Phi) is 4.37. The van der Waals surface area contributed by atoms with Gasteiger partial charge in [-0.1, -0.05) is 6.07 Å². The SMILES string of the molecule is CCOC(=O)c1cc(Oc2cc(C)ccc2F)ncc1N. The minimum atomic E-state index is -0.577. The van der Waals surface area contributed by atoms with Crippen molar-refractivity contribution < 1.29 is 18.7 Å². The number of carbonyl (C=O) groups is 1. The molecule has 6 heteroatoms. The second kappa shape index (κ2) is 6.21. The van der Waals surface area contributed by atoms with Crippen molar-refractivity contribution in [1.82, 2.24) is 4.98 Å². The summed E-state index contributed by atoms with van der Waals surface area (Å²) in [5.41, 5.74) is 6.82. The molecule has 0 bridgehead atoms. The number of nitrogen functional groups attached to an aromatic ring is 1. The number of pyridine rings is 1. The molecule has 0 fully saturated rings. The van der Waals surface area contributed by atoms with E-state index in [1.165, 1.54) is 24.4 Å². The molecule has 0 unspecified atom stereocenters. The molecule has 0 spiro atoms. The van der Waals surface area contributed by atoms with Gasteiger partial charge in [-0.3, -0.25) is 0 Å². The standard InChI is InChI=1S/C15H15FN2O3/c1-3-20-15(19)10-7-14(18-8-12(10)17)21-13-6-9(2)4-5-11(13)16/h4-8H,3,17H2,1-2H3. The van der Waals surface area contributed by atoms with Gasteiger partial charge < -0.3 is 15.2 Å². The number of hydrogen-bond donors (Lipinski definition) is 1. The van der Waals surface area contributed by atoms with Gasteiger partial charge in [-0.05, 0) is 31.5 Å². The largest absolute Gasteiger partial charge is 0.462 e. The van der Waals surface area contributed by atoms with Crippen LogP contribution in [0.3, 0.4) is 0 Å². The third-order valence-electron chi connectivity index (χ3n) is 2.71. The molecule has 0 atom stereocenters. The normalized spacial score (nSPS) is 10.2. The summed E-state index contributed by atoms with van der Waals surface area (Å²) in [7, 11) is 0. The lowest BCUT2D eigenvalue weighted by Crippen LogP contribution is -2.09. The first-order valence-electron chi connectivity index (χ1n) is 6.38. The van der Waals surface area contributed by atoms with E-state index >= 15 is 0 Å². The summed E-state index contributed by atoms with van der Waals surface area (Å²) in [4.78, 5) is 15.7. The molecular weight excluding hydrogens is 275 g/mol. The van der Waals surface area contributed by atoms with E-state index in [2.05, 4.69) is 4.98 Å². The van der Waals surface area contributed by atoms with Crippen LogP contribution in [-0.2, 0) is 4.74 Å². The van der Waals surface area contributed by atoms with Gasteiger partial charge in [0.1, 0.15) is 0 Å². The van der Waals surface area contributed by atoms with Gasteiger partial charge in [-0.15, -0.1) is 0 Å². The zero-order valence-electron chi connectivity index (χ0n) is 11.7. The summed E-state index contributed by atoms with van der Waals surface area (Å²) >= 11 is 0. The van der Waals surface area contributed by atoms with Crippen LogP contribution in [0, 0.1) is 12.7 Å². The van der Waals surface area contributed by atoms with E-state index in [9.17, 15) is 9.18 Å². The van der Waals surface area contributed by atoms with Crippen molar-refractivity contribution in [3.05, 3.63) is 47.4 Å². The average Bonchev–Trinajstić information content (AvgIpc) is 2.45. The molecule has 2 aromatic rings. The maximum absolute atomic E-state index is 13.6. The fourth-order valence-electron chi connectivity index (χ4n) is 1.69. The molecule has 1 aromatic heterocycles. The lowest BCUT2D eigenvalue weighted by Gasteiger charge is -2.09. The number of esters is 1. The van der Waals surface area contributed by atoms with Gasteiger partial charge in [0.2, 0.25) is 5.88 Å². The fraction of sp³-hybridized carbons (Fsp3) is 0.200. The number of aryl methyl sites for hydroxylation is 1. The lowest BCUT2D eigenvalue weighted by molar-refractivity contribution is 0.0527. The molecule has 0 saturated carbocycles. The summed E-state index contributed by atoms with van der Waals surface area (Å²) < 4.78 is 23.9.